The first-order chi connectivity index (χ1) is 11.7. The molecule has 1 aliphatic heterocycles. The number of rotatable bonds is 5. The molecular formula is C18H25N5O. The minimum Gasteiger partial charge on any atom is -0.343 e. The van der Waals surface area contributed by atoms with Gasteiger partial charge in [-0.25, -0.2) is 4.98 Å². The maximum atomic E-state index is 11.4. The zero-order valence-corrected chi connectivity index (χ0v) is 14.5. The van der Waals surface area contributed by atoms with E-state index in [2.05, 4.69) is 17.0 Å². The van der Waals surface area contributed by atoms with E-state index in [-0.39, 0.29) is 5.91 Å². The van der Waals surface area contributed by atoms with Gasteiger partial charge in [0.1, 0.15) is 5.69 Å². The van der Waals surface area contributed by atoms with Crippen LogP contribution >= 0.6 is 0 Å². The van der Waals surface area contributed by atoms with Crippen molar-refractivity contribution in [3.8, 4) is 11.4 Å². The van der Waals surface area contributed by atoms with Crippen molar-refractivity contribution in [2.45, 2.75) is 46.1 Å². The Labute approximate surface area is 142 Å². The molecule has 128 valence electrons. The molecule has 3 rings (SSSR count). The largest absolute Gasteiger partial charge is 0.343 e. The Morgan fingerprint density at radius 3 is 2.79 bits per heavy atom. The lowest BCUT2D eigenvalue weighted by molar-refractivity contribution is -0.130. The highest BCUT2D eigenvalue weighted by Crippen LogP contribution is 2.22. The number of aryl methyl sites for hydroxylation is 1. The van der Waals surface area contributed by atoms with E-state index in [0.717, 1.165) is 62.4 Å². The Morgan fingerprint density at radius 2 is 2.08 bits per heavy atom. The molecule has 0 unspecified atom stereocenters. The maximum absolute atomic E-state index is 11.4. The summed E-state index contributed by atoms with van der Waals surface area (Å²) in [6, 6.07) is 1.99. The molecule has 6 nitrogen and oxygen atoms in total. The summed E-state index contributed by atoms with van der Waals surface area (Å²) in [4.78, 5) is 22.5. The summed E-state index contributed by atoms with van der Waals surface area (Å²) >= 11 is 0. The van der Waals surface area contributed by atoms with Crippen LogP contribution in [0.3, 0.4) is 0 Å². The second kappa shape index (κ2) is 7.55. The summed E-state index contributed by atoms with van der Waals surface area (Å²) in [6.45, 7) is 6.39. The summed E-state index contributed by atoms with van der Waals surface area (Å²) in [7, 11) is 0. The van der Waals surface area contributed by atoms with Crippen LogP contribution < -0.4 is 0 Å². The van der Waals surface area contributed by atoms with E-state index in [9.17, 15) is 4.79 Å². The summed E-state index contributed by atoms with van der Waals surface area (Å²) in [5.74, 6) is 0.755. The molecule has 0 spiro atoms. The van der Waals surface area contributed by atoms with Gasteiger partial charge in [0, 0.05) is 39.0 Å². The third-order valence-electron chi connectivity index (χ3n) is 4.66. The standard InChI is InChI=1S/C18H25N5O/c1-3-8-23-18(4-7-20-23)17-13-19-12-16(21-17)11-15-5-9-22(10-6-15)14(2)24/h4,7,12-13,15H,3,5-6,8-11H2,1-2H3. The van der Waals surface area contributed by atoms with Gasteiger partial charge in [0.05, 0.1) is 17.6 Å². The molecule has 1 fully saturated rings. The number of aromatic nitrogens is 4. The number of carbonyl (C=O) groups is 1. The van der Waals surface area contributed by atoms with Gasteiger partial charge in [0.25, 0.3) is 0 Å². The zero-order chi connectivity index (χ0) is 16.9. The molecule has 0 radical (unpaired) electrons. The van der Waals surface area contributed by atoms with Gasteiger partial charge in [0.15, 0.2) is 0 Å². The minimum absolute atomic E-state index is 0.180. The zero-order valence-electron chi connectivity index (χ0n) is 14.5. The van der Waals surface area contributed by atoms with Gasteiger partial charge in [-0.1, -0.05) is 6.92 Å². The van der Waals surface area contributed by atoms with Crippen LogP contribution in [0.25, 0.3) is 11.4 Å². The lowest BCUT2D eigenvalue weighted by atomic mass is 9.92. The SMILES string of the molecule is CCCn1nccc1-c1cncc(CC2CCN(C(C)=O)CC2)n1. The van der Waals surface area contributed by atoms with Crippen LogP contribution in [0, 0.1) is 5.92 Å². The van der Waals surface area contributed by atoms with Crippen LogP contribution in [0.15, 0.2) is 24.7 Å². The van der Waals surface area contributed by atoms with E-state index in [1.807, 2.05) is 34.2 Å². The van der Waals surface area contributed by atoms with Crippen molar-refractivity contribution >= 4 is 5.91 Å². The lowest BCUT2D eigenvalue weighted by Gasteiger charge is -2.31. The number of hydrogen-bond acceptors (Lipinski definition) is 4. The monoisotopic (exact) mass is 327 g/mol. The molecule has 6 heteroatoms. The van der Waals surface area contributed by atoms with Crippen molar-refractivity contribution in [2.75, 3.05) is 13.1 Å². The Kier molecular flexibility index (Phi) is 5.23. The molecule has 1 amide bonds. The Morgan fingerprint density at radius 1 is 1.29 bits per heavy atom. The number of carbonyl (C=O) groups excluding carboxylic acids is 1. The predicted molar refractivity (Wildman–Crippen MR) is 92.2 cm³/mol. The molecule has 2 aromatic rings. The fourth-order valence-electron chi connectivity index (χ4n) is 3.32. The summed E-state index contributed by atoms with van der Waals surface area (Å²) in [5.41, 5.74) is 2.94. The summed E-state index contributed by atoms with van der Waals surface area (Å²) in [6.07, 6.45) is 9.53. The number of likely N-dealkylation sites (tertiary alicyclic amines) is 1. The number of piperidine rings is 1. The van der Waals surface area contributed by atoms with Crippen molar-refractivity contribution in [2.24, 2.45) is 5.92 Å². The molecule has 0 N–H and O–H groups in total. The van der Waals surface area contributed by atoms with E-state index in [1.54, 1.807) is 6.92 Å². The van der Waals surface area contributed by atoms with Crippen molar-refractivity contribution in [1.29, 1.82) is 0 Å². The van der Waals surface area contributed by atoms with Crippen molar-refractivity contribution < 1.29 is 4.79 Å². The Hall–Kier alpha value is -2.24. The highest BCUT2D eigenvalue weighted by Gasteiger charge is 2.21. The highest BCUT2D eigenvalue weighted by molar-refractivity contribution is 5.73. The van der Waals surface area contributed by atoms with Crippen LogP contribution in [0.5, 0.6) is 0 Å². The van der Waals surface area contributed by atoms with Gasteiger partial charge < -0.3 is 4.90 Å². The van der Waals surface area contributed by atoms with E-state index in [4.69, 9.17) is 4.98 Å². The van der Waals surface area contributed by atoms with Gasteiger partial charge >= 0.3 is 0 Å². The van der Waals surface area contributed by atoms with Crippen molar-refractivity contribution in [3.63, 3.8) is 0 Å². The molecule has 0 aromatic carbocycles. The fourth-order valence-corrected chi connectivity index (χ4v) is 3.32. The second-order valence-electron chi connectivity index (χ2n) is 6.49. The third kappa shape index (κ3) is 3.80. The van der Waals surface area contributed by atoms with Crippen LogP contribution in [-0.4, -0.2) is 43.6 Å². The minimum atomic E-state index is 0.180. The van der Waals surface area contributed by atoms with Gasteiger partial charge in [-0.2, -0.15) is 5.10 Å². The first kappa shape index (κ1) is 16.6. The predicted octanol–water partition coefficient (Wildman–Crippen LogP) is 2.55. The fraction of sp³-hybridized carbons (Fsp3) is 0.556. The quantitative estimate of drug-likeness (QED) is 0.846. The summed E-state index contributed by atoms with van der Waals surface area (Å²) < 4.78 is 1.99. The number of amides is 1. The molecule has 1 saturated heterocycles. The van der Waals surface area contributed by atoms with Gasteiger partial charge in [-0.3, -0.25) is 14.5 Å². The molecule has 0 bridgehead atoms. The highest BCUT2D eigenvalue weighted by atomic mass is 16.2. The van der Waals surface area contributed by atoms with Crippen LogP contribution in [0.2, 0.25) is 0 Å². The Bertz CT molecular complexity index is 688. The van der Waals surface area contributed by atoms with Gasteiger partial charge in [0.2, 0.25) is 5.91 Å². The van der Waals surface area contributed by atoms with Gasteiger partial charge in [-0.05, 0) is 37.7 Å². The van der Waals surface area contributed by atoms with Crippen molar-refractivity contribution in [1.82, 2.24) is 24.6 Å². The molecular weight excluding hydrogens is 302 g/mol. The van der Waals surface area contributed by atoms with Crippen LogP contribution in [0.1, 0.15) is 38.8 Å². The maximum Gasteiger partial charge on any atom is 0.219 e. The molecule has 3 heterocycles. The van der Waals surface area contributed by atoms with Gasteiger partial charge in [-0.15, -0.1) is 0 Å². The molecule has 0 atom stereocenters. The van der Waals surface area contributed by atoms with E-state index in [1.165, 1.54) is 0 Å². The van der Waals surface area contributed by atoms with Crippen LogP contribution in [0.4, 0.5) is 0 Å². The molecule has 1 aliphatic rings. The van der Waals surface area contributed by atoms with E-state index < -0.39 is 0 Å². The molecule has 24 heavy (non-hydrogen) atoms. The van der Waals surface area contributed by atoms with Crippen molar-refractivity contribution in [3.05, 3.63) is 30.4 Å². The third-order valence-corrected chi connectivity index (χ3v) is 4.66. The first-order valence-electron chi connectivity index (χ1n) is 8.76. The normalized spacial score (nSPS) is 15.7. The summed E-state index contributed by atoms with van der Waals surface area (Å²) in [5, 5.41) is 4.36. The number of hydrogen-bond donors (Lipinski definition) is 0. The average molecular weight is 327 g/mol. The topological polar surface area (TPSA) is 63.9 Å². The number of nitrogens with zero attached hydrogens (tertiary/aromatic N) is 5. The second-order valence-corrected chi connectivity index (χ2v) is 6.49. The Balaban J connectivity index is 1.68. The first-order valence-corrected chi connectivity index (χ1v) is 8.76. The molecule has 0 saturated carbocycles. The van der Waals surface area contributed by atoms with E-state index >= 15 is 0 Å². The average Bonchev–Trinajstić information content (AvgIpc) is 3.04. The van der Waals surface area contributed by atoms with Crippen LogP contribution in [-0.2, 0) is 17.8 Å². The molecule has 0 aliphatic carbocycles. The smallest absolute Gasteiger partial charge is 0.219 e. The molecule has 2 aromatic heterocycles. The lowest BCUT2D eigenvalue weighted by Crippen LogP contribution is -2.37. The van der Waals surface area contributed by atoms with E-state index in [0.29, 0.717) is 5.92 Å².